The Balaban J connectivity index is 1.74. The van der Waals surface area contributed by atoms with Crippen molar-refractivity contribution >= 4 is 44.2 Å². The lowest BCUT2D eigenvalue weighted by atomic mass is 10.2. The highest BCUT2D eigenvalue weighted by Gasteiger charge is 2.26. The molecule has 0 spiro atoms. The van der Waals surface area contributed by atoms with Gasteiger partial charge in [-0.25, -0.2) is 9.67 Å². The Morgan fingerprint density at radius 3 is 2.61 bits per heavy atom. The second-order valence-electron chi connectivity index (χ2n) is 7.93. The second kappa shape index (κ2) is 9.91. The van der Waals surface area contributed by atoms with Gasteiger partial charge in [-0.2, -0.15) is 5.10 Å². The third-order valence-electron chi connectivity index (χ3n) is 5.37. The van der Waals surface area contributed by atoms with Gasteiger partial charge in [0.15, 0.2) is 5.13 Å². The van der Waals surface area contributed by atoms with Crippen molar-refractivity contribution in [1.82, 2.24) is 19.7 Å². The van der Waals surface area contributed by atoms with Crippen molar-refractivity contribution in [2.24, 2.45) is 0 Å². The first kappa shape index (κ1) is 23.2. The van der Waals surface area contributed by atoms with E-state index in [1.807, 2.05) is 51.4 Å². The van der Waals surface area contributed by atoms with E-state index in [-0.39, 0.29) is 5.91 Å². The molecule has 0 atom stereocenters. The standard InChI is InChI=1S/C24H26ClN5O2S/c1-16-18(15-26-30(16)17-9-6-5-7-10-17)23(31)29(14-8-13-28(2)3)24-27-21-20(32-4)12-11-19(25)22(21)33-24/h5-7,9-12,15H,8,13-14H2,1-4H3. The number of carbonyl (C=O) groups is 1. The molecule has 172 valence electrons. The molecule has 7 nitrogen and oxygen atoms in total. The number of aromatic nitrogens is 3. The molecule has 33 heavy (non-hydrogen) atoms. The number of methoxy groups -OCH3 is 1. The van der Waals surface area contributed by atoms with Gasteiger partial charge in [0.25, 0.3) is 5.91 Å². The molecule has 2 aromatic carbocycles. The van der Waals surface area contributed by atoms with Crippen LogP contribution in [0.2, 0.25) is 5.02 Å². The van der Waals surface area contributed by atoms with Gasteiger partial charge in [0.1, 0.15) is 11.3 Å². The summed E-state index contributed by atoms with van der Waals surface area (Å²) in [4.78, 5) is 22.3. The number of thiazole rings is 1. The van der Waals surface area contributed by atoms with Crippen LogP contribution in [-0.2, 0) is 0 Å². The Morgan fingerprint density at radius 1 is 1.15 bits per heavy atom. The first-order chi connectivity index (χ1) is 15.9. The van der Waals surface area contributed by atoms with E-state index in [4.69, 9.17) is 21.3 Å². The largest absolute Gasteiger partial charge is 0.494 e. The van der Waals surface area contributed by atoms with Gasteiger partial charge in [-0.15, -0.1) is 0 Å². The number of rotatable bonds is 8. The Hall–Kier alpha value is -2.94. The number of amides is 1. The second-order valence-corrected chi connectivity index (χ2v) is 9.31. The zero-order valence-corrected chi connectivity index (χ0v) is 20.7. The van der Waals surface area contributed by atoms with Crippen molar-refractivity contribution in [2.45, 2.75) is 13.3 Å². The van der Waals surface area contributed by atoms with Crippen LogP contribution in [0.15, 0.2) is 48.7 Å². The van der Waals surface area contributed by atoms with Crippen LogP contribution in [0.3, 0.4) is 0 Å². The summed E-state index contributed by atoms with van der Waals surface area (Å²) in [5.74, 6) is 0.494. The minimum absolute atomic E-state index is 0.136. The number of para-hydroxylation sites is 1. The van der Waals surface area contributed by atoms with Gasteiger partial charge in [0.05, 0.1) is 40.0 Å². The summed E-state index contributed by atoms with van der Waals surface area (Å²) in [5.41, 5.74) is 2.89. The summed E-state index contributed by atoms with van der Waals surface area (Å²) in [6.45, 7) is 3.28. The molecule has 0 bridgehead atoms. The molecule has 2 aromatic heterocycles. The molecule has 0 aliphatic heterocycles. The number of hydrogen-bond donors (Lipinski definition) is 0. The van der Waals surface area contributed by atoms with Crippen LogP contribution in [0.1, 0.15) is 22.5 Å². The minimum atomic E-state index is -0.136. The summed E-state index contributed by atoms with van der Waals surface area (Å²) in [6.07, 6.45) is 2.43. The molecular formula is C24H26ClN5O2S. The van der Waals surface area contributed by atoms with Crippen LogP contribution in [-0.4, -0.2) is 59.9 Å². The molecular weight excluding hydrogens is 458 g/mol. The summed E-state index contributed by atoms with van der Waals surface area (Å²) in [6, 6.07) is 13.4. The van der Waals surface area contributed by atoms with Crippen molar-refractivity contribution in [3.05, 3.63) is 64.9 Å². The van der Waals surface area contributed by atoms with Crippen molar-refractivity contribution in [1.29, 1.82) is 0 Å². The summed E-state index contributed by atoms with van der Waals surface area (Å²) < 4.78 is 8.05. The molecule has 0 saturated carbocycles. The lowest BCUT2D eigenvalue weighted by molar-refractivity contribution is 0.0985. The van der Waals surface area contributed by atoms with Crippen LogP contribution in [0.4, 0.5) is 5.13 Å². The van der Waals surface area contributed by atoms with E-state index >= 15 is 0 Å². The number of ether oxygens (including phenoxy) is 1. The third-order valence-corrected chi connectivity index (χ3v) is 6.91. The normalized spacial score (nSPS) is 11.3. The Bertz CT molecular complexity index is 1270. The van der Waals surface area contributed by atoms with Crippen LogP contribution >= 0.6 is 22.9 Å². The monoisotopic (exact) mass is 483 g/mol. The number of halogens is 1. The van der Waals surface area contributed by atoms with E-state index in [1.54, 1.807) is 35.0 Å². The SMILES string of the molecule is COc1ccc(Cl)c2sc(N(CCCN(C)C)C(=O)c3cnn(-c4ccccc4)c3C)nc12. The number of anilines is 1. The fourth-order valence-corrected chi connectivity index (χ4v) is 4.93. The smallest absolute Gasteiger partial charge is 0.263 e. The first-order valence-corrected chi connectivity index (χ1v) is 11.8. The van der Waals surface area contributed by atoms with Crippen LogP contribution < -0.4 is 9.64 Å². The van der Waals surface area contributed by atoms with Gasteiger partial charge < -0.3 is 9.64 Å². The summed E-state index contributed by atoms with van der Waals surface area (Å²) >= 11 is 7.83. The third kappa shape index (κ3) is 4.73. The van der Waals surface area contributed by atoms with Crippen LogP contribution in [0, 0.1) is 6.92 Å². The molecule has 2 heterocycles. The average Bonchev–Trinajstić information content (AvgIpc) is 3.42. The maximum absolute atomic E-state index is 13.8. The average molecular weight is 484 g/mol. The van der Waals surface area contributed by atoms with Crippen LogP contribution in [0.5, 0.6) is 5.75 Å². The first-order valence-electron chi connectivity index (χ1n) is 10.6. The minimum Gasteiger partial charge on any atom is -0.494 e. The highest BCUT2D eigenvalue weighted by atomic mass is 35.5. The van der Waals surface area contributed by atoms with E-state index in [0.717, 1.165) is 29.0 Å². The molecule has 4 aromatic rings. The Labute approximate surface area is 202 Å². The van der Waals surface area contributed by atoms with Gasteiger partial charge in [-0.3, -0.25) is 9.69 Å². The van der Waals surface area contributed by atoms with Crippen molar-refractivity contribution < 1.29 is 9.53 Å². The van der Waals surface area contributed by atoms with E-state index in [9.17, 15) is 4.79 Å². The molecule has 0 aliphatic rings. The number of hydrogen-bond acceptors (Lipinski definition) is 6. The molecule has 0 fully saturated rings. The van der Waals surface area contributed by atoms with E-state index in [0.29, 0.717) is 33.5 Å². The van der Waals surface area contributed by atoms with Crippen molar-refractivity contribution in [3.8, 4) is 11.4 Å². The van der Waals surface area contributed by atoms with Crippen LogP contribution in [0.25, 0.3) is 15.9 Å². The maximum atomic E-state index is 13.8. The molecule has 1 amide bonds. The zero-order chi connectivity index (χ0) is 23.5. The topological polar surface area (TPSA) is 63.5 Å². The molecule has 0 N–H and O–H groups in total. The fourth-order valence-electron chi connectivity index (χ4n) is 3.64. The zero-order valence-electron chi connectivity index (χ0n) is 19.1. The summed E-state index contributed by atoms with van der Waals surface area (Å²) in [7, 11) is 5.63. The lowest BCUT2D eigenvalue weighted by Gasteiger charge is -2.21. The molecule has 0 radical (unpaired) electrons. The molecule has 4 rings (SSSR count). The van der Waals surface area contributed by atoms with Gasteiger partial charge in [0, 0.05) is 6.54 Å². The number of carbonyl (C=O) groups excluding carboxylic acids is 1. The predicted molar refractivity (Wildman–Crippen MR) is 134 cm³/mol. The van der Waals surface area contributed by atoms with Gasteiger partial charge >= 0.3 is 0 Å². The van der Waals surface area contributed by atoms with Gasteiger partial charge in [-0.05, 0) is 58.3 Å². The van der Waals surface area contributed by atoms with Crippen molar-refractivity contribution in [2.75, 3.05) is 39.2 Å². The number of benzene rings is 2. The summed E-state index contributed by atoms with van der Waals surface area (Å²) in [5, 5.41) is 5.65. The predicted octanol–water partition coefficient (Wildman–Crippen LogP) is 5.05. The maximum Gasteiger partial charge on any atom is 0.263 e. The highest BCUT2D eigenvalue weighted by molar-refractivity contribution is 7.23. The quantitative estimate of drug-likeness (QED) is 0.351. The van der Waals surface area contributed by atoms with E-state index in [1.165, 1.54) is 11.3 Å². The molecule has 0 aliphatic carbocycles. The van der Waals surface area contributed by atoms with E-state index < -0.39 is 0 Å². The number of fused-ring (bicyclic) bond motifs is 1. The van der Waals surface area contributed by atoms with E-state index in [2.05, 4.69) is 10.00 Å². The Kier molecular flexibility index (Phi) is 6.97. The fraction of sp³-hybridized carbons (Fsp3) is 0.292. The lowest BCUT2D eigenvalue weighted by Crippen LogP contribution is -2.33. The molecule has 0 unspecified atom stereocenters. The van der Waals surface area contributed by atoms with Gasteiger partial charge in [-0.1, -0.05) is 41.1 Å². The molecule has 0 saturated heterocycles. The highest BCUT2D eigenvalue weighted by Crippen LogP contribution is 2.39. The Morgan fingerprint density at radius 2 is 1.91 bits per heavy atom. The number of nitrogens with zero attached hydrogens (tertiary/aromatic N) is 5. The molecule has 9 heteroatoms. The van der Waals surface area contributed by atoms with Gasteiger partial charge in [0.2, 0.25) is 0 Å². The van der Waals surface area contributed by atoms with Crippen molar-refractivity contribution in [3.63, 3.8) is 0 Å².